The highest BCUT2D eigenvalue weighted by molar-refractivity contribution is 7.17. The van der Waals surface area contributed by atoms with Crippen molar-refractivity contribution in [3.05, 3.63) is 81.7 Å². The maximum atomic E-state index is 13.1. The van der Waals surface area contributed by atoms with E-state index in [1.165, 1.54) is 28.9 Å². The molecule has 1 unspecified atom stereocenters. The molecule has 2 aromatic carbocycles. The Morgan fingerprint density at radius 3 is 2.57 bits per heavy atom. The van der Waals surface area contributed by atoms with E-state index in [2.05, 4.69) is 38.2 Å². The first kappa shape index (κ1) is 25.0. The van der Waals surface area contributed by atoms with Crippen molar-refractivity contribution >= 4 is 28.2 Å². The maximum absolute atomic E-state index is 13.1. The lowest BCUT2D eigenvalue weighted by atomic mass is 9.72. The Morgan fingerprint density at radius 1 is 1.09 bits per heavy atom. The van der Waals surface area contributed by atoms with Crippen molar-refractivity contribution in [2.24, 2.45) is 11.3 Å². The summed E-state index contributed by atoms with van der Waals surface area (Å²) < 4.78 is 11.0. The number of fused-ring (bicyclic) bond motifs is 1. The predicted molar refractivity (Wildman–Crippen MR) is 141 cm³/mol. The van der Waals surface area contributed by atoms with Gasteiger partial charge in [-0.1, -0.05) is 57.2 Å². The van der Waals surface area contributed by atoms with Gasteiger partial charge in [-0.3, -0.25) is 4.79 Å². The quantitative estimate of drug-likeness (QED) is 0.380. The molecule has 0 bridgehead atoms. The van der Waals surface area contributed by atoms with Gasteiger partial charge in [0, 0.05) is 16.9 Å². The van der Waals surface area contributed by atoms with Gasteiger partial charge in [0.15, 0.2) is 0 Å². The summed E-state index contributed by atoms with van der Waals surface area (Å²) in [4.78, 5) is 27.0. The van der Waals surface area contributed by atoms with E-state index >= 15 is 0 Å². The van der Waals surface area contributed by atoms with Crippen LogP contribution in [0, 0.1) is 11.3 Å². The summed E-state index contributed by atoms with van der Waals surface area (Å²) in [7, 11) is 1.38. The number of amides is 1. The van der Waals surface area contributed by atoms with Gasteiger partial charge in [0.05, 0.1) is 19.3 Å². The number of esters is 1. The summed E-state index contributed by atoms with van der Waals surface area (Å²) >= 11 is 1.50. The van der Waals surface area contributed by atoms with Crippen LogP contribution in [0.2, 0.25) is 0 Å². The maximum Gasteiger partial charge on any atom is 0.341 e. The number of rotatable bonds is 7. The smallest absolute Gasteiger partial charge is 0.341 e. The third kappa shape index (κ3) is 5.93. The molecule has 1 aliphatic rings. The Labute approximate surface area is 211 Å². The molecule has 3 aromatic rings. The van der Waals surface area contributed by atoms with Crippen molar-refractivity contribution in [3.8, 4) is 5.75 Å². The Balaban J connectivity index is 1.49. The molecule has 0 saturated heterocycles. The molecule has 1 N–H and O–H groups in total. The SMILES string of the molecule is COC(=O)c1c(NC(=O)c2cccc(OCCc3ccccc3)c2)sc2c1CCC(C(C)(C)C)C2. The van der Waals surface area contributed by atoms with Crippen molar-refractivity contribution < 1.29 is 19.1 Å². The fourth-order valence-corrected chi connectivity index (χ4v) is 5.88. The number of methoxy groups -OCH3 is 1. The first-order chi connectivity index (χ1) is 16.8. The van der Waals surface area contributed by atoms with Gasteiger partial charge in [-0.25, -0.2) is 4.79 Å². The minimum absolute atomic E-state index is 0.192. The molecule has 0 aliphatic heterocycles. The number of carbonyl (C=O) groups is 2. The molecule has 6 heteroatoms. The molecule has 0 saturated carbocycles. The van der Waals surface area contributed by atoms with E-state index in [1.54, 1.807) is 18.2 Å². The summed E-state index contributed by atoms with van der Waals surface area (Å²) in [6.07, 6.45) is 3.54. The molecule has 1 aliphatic carbocycles. The summed E-state index contributed by atoms with van der Waals surface area (Å²) in [6, 6.07) is 17.3. The third-order valence-electron chi connectivity index (χ3n) is 6.71. The molecule has 0 fully saturated rings. The number of thiophene rings is 1. The molecule has 0 radical (unpaired) electrons. The molecule has 184 valence electrons. The highest BCUT2D eigenvalue weighted by Gasteiger charge is 2.34. The van der Waals surface area contributed by atoms with E-state index < -0.39 is 5.97 Å². The second-order valence-electron chi connectivity index (χ2n) is 10.1. The van der Waals surface area contributed by atoms with Gasteiger partial charge in [-0.05, 0) is 59.9 Å². The number of hydrogen-bond acceptors (Lipinski definition) is 5. The van der Waals surface area contributed by atoms with E-state index in [1.807, 2.05) is 24.3 Å². The summed E-state index contributed by atoms with van der Waals surface area (Å²) in [6.45, 7) is 7.30. The average Bonchev–Trinajstić information content (AvgIpc) is 3.21. The van der Waals surface area contributed by atoms with Crippen LogP contribution in [0.3, 0.4) is 0 Å². The van der Waals surface area contributed by atoms with Gasteiger partial charge < -0.3 is 14.8 Å². The van der Waals surface area contributed by atoms with Crippen LogP contribution in [0.4, 0.5) is 5.00 Å². The van der Waals surface area contributed by atoms with Gasteiger partial charge in [0.1, 0.15) is 10.8 Å². The fourth-order valence-electron chi connectivity index (χ4n) is 4.56. The molecule has 1 atom stereocenters. The molecule has 4 rings (SSSR count). The van der Waals surface area contributed by atoms with Crippen molar-refractivity contribution in [1.29, 1.82) is 0 Å². The van der Waals surface area contributed by atoms with Crippen molar-refractivity contribution in [3.63, 3.8) is 0 Å². The minimum Gasteiger partial charge on any atom is -0.493 e. The van der Waals surface area contributed by atoms with E-state index in [0.29, 0.717) is 34.4 Å². The van der Waals surface area contributed by atoms with Crippen LogP contribution in [0.5, 0.6) is 5.75 Å². The number of benzene rings is 2. The van der Waals surface area contributed by atoms with Crippen LogP contribution >= 0.6 is 11.3 Å². The number of ether oxygens (including phenoxy) is 2. The van der Waals surface area contributed by atoms with Crippen LogP contribution in [0.1, 0.15) is 63.9 Å². The molecule has 35 heavy (non-hydrogen) atoms. The average molecular weight is 492 g/mol. The molecule has 1 aromatic heterocycles. The summed E-state index contributed by atoms with van der Waals surface area (Å²) in [5, 5.41) is 3.55. The highest BCUT2D eigenvalue weighted by Crippen LogP contribution is 2.44. The van der Waals surface area contributed by atoms with E-state index in [0.717, 1.165) is 31.2 Å². The summed E-state index contributed by atoms with van der Waals surface area (Å²) in [5.41, 5.74) is 3.40. The van der Waals surface area contributed by atoms with Crippen molar-refractivity contribution in [1.82, 2.24) is 0 Å². The second kappa shape index (κ2) is 10.6. The van der Waals surface area contributed by atoms with Crippen molar-refractivity contribution in [2.75, 3.05) is 19.0 Å². The topological polar surface area (TPSA) is 64.6 Å². The Bertz CT molecular complexity index is 1190. The van der Waals surface area contributed by atoms with Crippen molar-refractivity contribution in [2.45, 2.75) is 46.5 Å². The second-order valence-corrected chi connectivity index (χ2v) is 11.2. The minimum atomic E-state index is -0.398. The van der Waals surface area contributed by atoms with E-state index in [4.69, 9.17) is 9.47 Å². The van der Waals surface area contributed by atoms with E-state index in [9.17, 15) is 9.59 Å². The molecular formula is C29H33NO4S. The Kier molecular flexibility index (Phi) is 7.60. The highest BCUT2D eigenvalue weighted by atomic mass is 32.1. The van der Waals surface area contributed by atoms with Crippen LogP contribution < -0.4 is 10.1 Å². The third-order valence-corrected chi connectivity index (χ3v) is 7.87. The molecule has 5 nitrogen and oxygen atoms in total. The molecular weight excluding hydrogens is 458 g/mol. The zero-order valence-electron chi connectivity index (χ0n) is 20.9. The predicted octanol–water partition coefficient (Wildman–Crippen LogP) is 6.56. The first-order valence-electron chi connectivity index (χ1n) is 12.1. The van der Waals surface area contributed by atoms with Gasteiger partial charge in [-0.2, -0.15) is 0 Å². The molecule has 1 amide bonds. The fraction of sp³-hybridized carbons (Fsp3) is 0.379. The van der Waals surface area contributed by atoms with Gasteiger partial charge >= 0.3 is 5.97 Å². The van der Waals surface area contributed by atoms with Crippen LogP contribution in [-0.4, -0.2) is 25.6 Å². The lowest BCUT2D eigenvalue weighted by molar-refractivity contribution is 0.0600. The Morgan fingerprint density at radius 2 is 1.86 bits per heavy atom. The van der Waals surface area contributed by atoms with Gasteiger partial charge in [0.2, 0.25) is 0 Å². The zero-order valence-corrected chi connectivity index (χ0v) is 21.7. The number of hydrogen-bond donors (Lipinski definition) is 1. The lowest BCUT2D eigenvalue weighted by Crippen LogP contribution is -2.26. The standard InChI is InChI=1S/C29H33NO4S/c1-29(2,3)21-13-14-23-24(18-21)35-27(25(23)28(32)33-4)30-26(31)20-11-8-12-22(17-20)34-16-15-19-9-6-5-7-10-19/h5-12,17,21H,13-16,18H2,1-4H3,(H,30,31). The number of anilines is 1. The van der Waals surface area contributed by atoms with Crippen LogP contribution in [-0.2, 0) is 24.0 Å². The van der Waals surface area contributed by atoms with Gasteiger partial charge in [-0.15, -0.1) is 11.3 Å². The van der Waals surface area contributed by atoms with Gasteiger partial charge in [0.25, 0.3) is 5.91 Å². The Hall–Kier alpha value is -3.12. The monoisotopic (exact) mass is 491 g/mol. The number of nitrogens with one attached hydrogen (secondary N) is 1. The summed E-state index contributed by atoms with van der Waals surface area (Å²) in [5.74, 6) is 0.507. The zero-order chi connectivity index (χ0) is 25.0. The molecule has 1 heterocycles. The number of carbonyl (C=O) groups excluding carboxylic acids is 2. The lowest BCUT2D eigenvalue weighted by Gasteiger charge is -2.33. The largest absolute Gasteiger partial charge is 0.493 e. The first-order valence-corrected chi connectivity index (χ1v) is 12.9. The normalized spacial score (nSPS) is 15.3. The van der Waals surface area contributed by atoms with E-state index in [-0.39, 0.29) is 11.3 Å². The van der Waals surface area contributed by atoms with Crippen LogP contribution in [0.15, 0.2) is 54.6 Å². The van der Waals surface area contributed by atoms with Crippen LogP contribution in [0.25, 0.3) is 0 Å². The molecule has 0 spiro atoms.